The van der Waals surface area contributed by atoms with Crippen LogP contribution in [-0.2, 0) is 4.79 Å². The largest absolute Gasteiger partial charge is 0.497 e. The number of hydrogen-bond donors (Lipinski definition) is 2. The van der Waals surface area contributed by atoms with Gasteiger partial charge >= 0.3 is 6.09 Å². The fraction of sp³-hybridized carbons (Fsp3) is 0.318. The summed E-state index contributed by atoms with van der Waals surface area (Å²) < 4.78 is 10.6. The number of para-hydroxylation sites is 1. The lowest BCUT2D eigenvalue weighted by Gasteiger charge is -2.42. The molecule has 0 bridgehead atoms. The maximum Gasteiger partial charge on any atom is 0.417 e. The van der Waals surface area contributed by atoms with Crippen LogP contribution < -0.4 is 20.5 Å². The molecule has 0 aromatic heterocycles. The summed E-state index contributed by atoms with van der Waals surface area (Å²) in [6.07, 6.45) is -1.36. The summed E-state index contributed by atoms with van der Waals surface area (Å²) >= 11 is 0. The van der Waals surface area contributed by atoms with Crippen LogP contribution in [0.1, 0.15) is 16.8 Å². The highest BCUT2D eigenvalue weighted by Gasteiger charge is 2.41. The lowest BCUT2D eigenvalue weighted by atomic mass is 10.1. The average molecular weight is 426 g/mol. The first-order valence-electron chi connectivity index (χ1n) is 10.0. The summed E-state index contributed by atoms with van der Waals surface area (Å²) in [6.45, 7) is 1.04. The molecule has 1 unspecified atom stereocenters. The minimum absolute atomic E-state index is 0.220. The maximum atomic E-state index is 13.3. The predicted octanol–water partition coefficient (Wildman–Crippen LogP) is 1.44. The number of methoxy groups -OCH3 is 1. The van der Waals surface area contributed by atoms with Crippen molar-refractivity contribution in [3.05, 3.63) is 60.2 Å². The van der Waals surface area contributed by atoms with Crippen LogP contribution in [0.15, 0.2) is 54.6 Å². The molecule has 1 heterocycles. The summed E-state index contributed by atoms with van der Waals surface area (Å²) in [7, 11) is 1.51. The SMILES string of the molecule is COc1cccc(C(=O)N2CCCN(C(=O)Oc3ccccc3)C2C(=O)NCCN)c1. The summed E-state index contributed by atoms with van der Waals surface area (Å²) in [5.41, 5.74) is 5.86. The molecule has 1 aliphatic heterocycles. The van der Waals surface area contributed by atoms with Gasteiger partial charge in [-0.1, -0.05) is 24.3 Å². The smallest absolute Gasteiger partial charge is 0.417 e. The fourth-order valence-electron chi connectivity index (χ4n) is 3.37. The Kier molecular flexibility index (Phi) is 7.45. The molecule has 31 heavy (non-hydrogen) atoms. The second-order valence-electron chi connectivity index (χ2n) is 6.91. The number of hydrogen-bond acceptors (Lipinski definition) is 6. The molecule has 1 aliphatic rings. The van der Waals surface area contributed by atoms with Gasteiger partial charge in [-0.2, -0.15) is 0 Å². The van der Waals surface area contributed by atoms with Gasteiger partial charge in [-0.15, -0.1) is 0 Å². The number of benzene rings is 2. The molecular weight excluding hydrogens is 400 g/mol. The molecule has 1 atom stereocenters. The van der Waals surface area contributed by atoms with Crippen LogP contribution in [0.5, 0.6) is 11.5 Å². The molecule has 3 amide bonds. The Morgan fingerprint density at radius 3 is 2.45 bits per heavy atom. The monoisotopic (exact) mass is 426 g/mol. The summed E-state index contributed by atoms with van der Waals surface area (Å²) in [6, 6.07) is 15.2. The van der Waals surface area contributed by atoms with E-state index in [1.54, 1.807) is 54.6 Å². The maximum absolute atomic E-state index is 13.3. The van der Waals surface area contributed by atoms with Gasteiger partial charge in [0, 0.05) is 31.7 Å². The molecule has 9 heteroatoms. The molecule has 0 radical (unpaired) electrons. The van der Waals surface area contributed by atoms with E-state index in [0.29, 0.717) is 30.0 Å². The third-order valence-electron chi connectivity index (χ3n) is 4.83. The number of carbonyl (C=O) groups is 3. The molecule has 2 aromatic rings. The van der Waals surface area contributed by atoms with E-state index in [1.807, 2.05) is 0 Å². The number of nitrogens with two attached hydrogens (primary N) is 1. The Morgan fingerprint density at radius 2 is 1.74 bits per heavy atom. The topological polar surface area (TPSA) is 114 Å². The van der Waals surface area contributed by atoms with Crippen LogP contribution >= 0.6 is 0 Å². The van der Waals surface area contributed by atoms with E-state index < -0.39 is 18.2 Å². The molecule has 0 spiro atoms. The quantitative estimate of drug-likeness (QED) is 0.723. The van der Waals surface area contributed by atoms with Crippen molar-refractivity contribution in [2.45, 2.75) is 12.6 Å². The van der Waals surface area contributed by atoms with Gasteiger partial charge in [-0.25, -0.2) is 4.79 Å². The lowest BCUT2D eigenvalue weighted by molar-refractivity contribution is -0.132. The Bertz CT molecular complexity index is 921. The van der Waals surface area contributed by atoms with Gasteiger partial charge in [-0.3, -0.25) is 14.5 Å². The number of rotatable bonds is 6. The zero-order valence-corrected chi connectivity index (χ0v) is 17.3. The van der Waals surface area contributed by atoms with Crippen molar-refractivity contribution < 1.29 is 23.9 Å². The van der Waals surface area contributed by atoms with Gasteiger partial charge in [0.15, 0.2) is 6.17 Å². The molecule has 2 aromatic carbocycles. The normalized spacial score (nSPS) is 15.9. The Labute approximate surface area is 180 Å². The second kappa shape index (κ2) is 10.4. The molecule has 164 valence electrons. The summed E-state index contributed by atoms with van der Waals surface area (Å²) in [5.74, 6) is -0.00684. The predicted molar refractivity (Wildman–Crippen MR) is 114 cm³/mol. The van der Waals surface area contributed by atoms with Gasteiger partial charge in [0.05, 0.1) is 7.11 Å². The van der Waals surface area contributed by atoms with Crippen molar-refractivity contribution in [1.82, 2.24) is 15.1 Å². The third kappa shape index (κ3) is 5.32. The van der Waals surface area contributed by atoms with E-state index in [9.17, 15) is 14.4 Å². The van der Waals surface area contributed by atoms with Gasteiger partial charge < -0.3 is 25.4 Å². The zero-order valence-electron chi connectivity index (χ0n) is 17.3. The summed E-state index contributed by atoms with van der Waals surface area (Å²) in [4.78, 5) is 41.8. The van der Waals surface area contributed by atoms with E-state index in [0.717, 1.165) is 0 Å². The van der Waals surface area contributed by atoms with Crippen LogP contribution in [0, 0.1) is 0 Å². The molecule has 0 saturated carbocycles. The molecular formula is C22H26N4O5. The van der Waals surface area contributed by atoms with E-state index in [2.05, 4.69) is 5.32 Å². The van der Waals surface area contributed by atoms with Crippen LogP contribution in [0.2, 0.25) is 0 Å². The fourth-order valence-corrected chi connectivity index (χ4v) is 3.37. The Morgan fingerprint density at radius 1 is 1.03 bits per heavy atom. The number of nitrogens with zero attached hydrogens (tertiary/aromatic N) is 2. The van der Waals surface area contributed by atoms with Gasteiger partial charge in [0.25, 0.3) is 11.8 Å². The highest BCUT2D eigenvalue weighted by molar-refractivity contribution is 5.98. The highest BCUT2D eigenvalue weighted by atomic mass is 16.6. The first-order chi connectivity index (χ1) is 15.0. The van der Waals surface area contributed by atoms with Crippen molar-refractivity contribution in [2.75, 3.05) is 33.3 Å². The van der Waals surface area contributed by atoms with Crippen LogP contribution in [0.4, 0.5) is 4.79 Å². The second-order valence-corrected chi connectivity index (χ2v) is 6.91. The van der Waals surface area contributed by atoms with Crippen molar-refractivity contribution in [2.24, 2.45) is 5.73 Å². The number of ether oxygens (including phenoxy) is 2. The zero-order chi connectivity index (χ0) is 22.2. The first-order valence-corrected chi connectivity index (χ1v) is 10.0. The highest BCUT2D eigenvalue weighted by Crippen LogP contribution is 2.22. The van der Waals surface area contributed by atoms with Crippen LogP contribution in [0.25, 0.3) is 0 Å². The van der Waals surface area contributed by atoms with Crippen molar-refractivity contribution in [3.8, 4) is 11.5 Å². The molecule has 9 nitrogen and oxygen atoms in total. The lowest BCUT2D eigenvalue weighted by Crippen LogP contribution is -2.64. The molecule has 0 aliphatic carbocycles. The summed E-state index contributed by atoms with van der Waals surface area (Å²) in [5, 5.41) is 2.68. The van der Waals surface area contributed by atoms with Crippen molar-refractivity contribution >= 4 is 17.9 Å². The first kappa shape index (κ1) is 22.1. The van der Waals surface area contributed by atoms with E-state index >= 15 is 0 Å². The van der Waals surface area contributed by atoms with Crippen molar-refractivity contribution in [3.63, 3.8) is 0 Å². The molecule has 1 fully saturated rings. The standard InChI is InChI=1S/C22H26N4O5/c1-30-18-10-5-7-16(15-18)21(28)25-13-6-14-26(20(25)19(27)24-12-11-23)22(29)31-17-8-3-2-4-9-17/h2-5,7-10,15,20H,6,11-14,23H2,1H3,(H,24,27). The van der Waals surface area contributed by atoms with E-state index in [1.165, 1.54) is 16.9 Å². The third-order valence-corrected chi connectivity index (χ3v) is 4.83. The van der Waals surface area contributed by atoms with Crippen molar-refractivity contribution in [1.29, 1.82) is 0 Å². The minimum Gasteiger partial charge on any atom is -0.497 e. The van der Waals surface area contributed by atoms with E-state index in [4.69, 9.17) is 15.2 Å². The van der Waals surface area contributed by atoms with Gasteiger partial charge in [0.2, 0.25) is 0 Å². The number of nitrogens with one attached hydrogen (secondary N) is 1. The van der Waals surface area contributed by atoms with Crippen LogP contribution in [0.3, 0.4) is 0 Å². The molecule has 1 saturated heterocycles. The Hall–Kier alpha value is -3.59. The van der Waals surface area contributed by atoms with E-state index in [-0.39, 0.29) is 25.5 Å². The molecule has 3 N–H and O–H groups in total. The molecule has 3 rings (SSSR count). The average Bonchev–Trinajstić information content (AvgIpc) is 2.82. The van der Waals surface area contributed by atoms with Crippen LogP contribution in [-0.4, -0.2) is 67.2 Å². The van der Waals surface area contributed by atoms with Gasteiger partial charge in [-0.05, 0) is 36.8 Å². The van der Waals surface area contributed by atoms with Gasteiger partial charge in [0.1, 0.15) is 11.5 Å². The Balaban J connectivity index is 1.88. The minimum atomic E-state index is -1.16. The number of amides is 3. The number of carbonyl (C=O) groups excluding carboxylic acids is 3.